The van der Waals surface area contributed by atoms with Crippen molar-refractivity contribution >= 4 is 5.69 Å². The molecule has 2 nitrogen and oxygen atoms in total. The molecule has 3 heteroatoms. The van der Waals surface area contributed by atoms with E-state index >= 15 is 0 Å². The number of aryl methyl sites for hydroxylation is 1. The Morgan fingerprint density at radius 3 is 2.67 bits per heavy atom. The first-order valence-corrected chi connectivity index (χ1v) is 6.83. The second kappa shape index (κ2) is 6.19. The van der Waals surface area contributed by atoms with Crippen LogP contribution in [0.4, 0.5) is 10.1 Å². The van der Waals surface area contributed by atoms with E-state index in [-0.39, 0.29) is 5.82 Å². The Morgan fingerprint density at radius 1 is 1.33 bits per heavy atom. The van der Waals surface area contributed by atoms with Crippen molar-refractivity contribution in [1.82, 2.24) is 0 Å². The molecule has 0 bridgehead atoms. The molecule has 1 aliphatic heterocycles. The van der Waals surface area contributed by atoms with Crippen LogP contribution < -0.4 is 4.90 Å². The summed E-state index contributed by atoms with van der Waals surface area (Å²) in [6.45, 7) is 6.64. The van der Waals surface area contributed by atoms with Gasteiger partial charge in [-0.2, -0.15) is 0 Å². The zero-order valence-electron chi connectivity index (χ0n) is 11.3. The summed E-state index contributed by atoms with van der Waals surface area (Å²) in [5.41, 5.74) is 1.70. The van der Waals surface area contributed by atoms with Gasteiger partial charge in [-0.1, -0.05) is 13.0 Å². The van der Waals surface area contributed by atoms with Gasteiger partial charge in [-0.3, -0.25) is 0 Å². The van der Waals surface area contributed by atoms with E-state index < -0.39 is 0 Å². The van der Waals surface area contributed by atoms with Crippen molar-refractivity contribution in [3.05, 3.63) is 29.6 Å². The lowest BCUT2D eigenvalue weighted by molar-refractivity contribution is 0.0374. The predicted molar refractivity (Wildman–Crippen MR) is 72.6 cm³/mol. The van der Waals surface area contributed by atoms with E-state index in [0.717, 1.165) is 50.2 Å². The van der Waals surface area contributed by atoms with Crippen LogP contribution in [-0.2, 0) is 4.74 Å². The van der Waals surface area contributed by atoms with Gasteiger partial charge in [-0.25, -0.2) is 4.39 Å². The van der Waals surface area contributed by atoms with Gasteiger partial charge in [0.2, 0.25) is 0 Å². The van der Waals surface area contributed by atoms with Crippen molar-refractivity contribution in [2.24, 2.45) is 0 Å². The zero-order valence-corrected chi connectivity index (χ0v) is 11.3. The molecule has 0 radical (unpaired) electrons. The molecule has 1 aliphatic rings. The molecule has 1 heterocycles. The van der Waals surface area contributed by atoms with Crippen LogP contribution in [-0.4, -0.2) is 25.8 Å². The highest BCUT2D eigenvalue weighted by molar-refractivity contribution is 5.49. The Kier molecular flexibility index (Phi) is 4.59. The third-order valence-corrected chi connectivity index (χ3v) is 3.44. The van der Waals surface area contributed by atoms with Crippen LogP contribution >= 0.6 is 0 Å². The fourth-order valence-electron chi connectivity index (χ4n) is 2.42. The maximum absolute atomic E-state index is 13.9. The van der Waals surface area contributed by atoms with Gasteiger partial charge in [0.15, 0.2) is 0 Å². The number of hydrogen-bond donors (Lipinski definition) is 0. The Labute approximate surface area is 109 Å². The lowest BCUT2D eigenvalue weighted by atomic mass is 10.1. The highest BCUT2D eigenvalue weighted by Gasteiger charge is 2.21. The summed E-state index contributed by atoms with van der Waals surface area (Å²) >= 11 is 0. The molecule has 0 amide bonds. The zero-order chi connectivity index (χ0) is 13.0. The highest BCUT2D eigenvalue weighted by Crippen LogP contribution is 2.24. The van der Waals surface area contributed by atoms with Crippen LogP contribution in [0.3, 0.4) is 0 Å². The van der Waals surface area contributed by atoms with Crippen LogP contribution in [0.5, 0.6) is 0 Å². The molecule has 0 atom stereocenters. The average molecular weight is 251 g/mol. The highest BCUT2D eigenvalue weighted by atomic mass is 19.1. The summed E-state index contributed by atoms with van der Waals surface area (Å²) in [7, 11) is 0. The molecule has 1 fully saturated rings. The van der Waals surface area contributed by atoms with Crippen LogP contribution in [0.15, 0.2) is 18.2 Å². The molecule has 0 unspecified atom stereocenters. The van der Waals surface area contributed by atoms with E-state index in [4.69, 9.17) is 4.74 Å². The summed E-state index contributed by atoms with van der Waals surface area (Å²) in [6, 6.07) is 5.46. The molecule has 2 rings (SSSR count). The third-order valence-electron chi connectivity index (χ3n) is 3.44. The molecule has 0 aliphatic carbocycles. The minimum Gasteiger partial charge on any atom is -0.378 e. The number of piperidine rings is 1. The molecule has 100 valence electrons. The minimum atomic E-state index is -0.108. The maximum atomic E-state index is 13.9. The fraction of sp³-hybridized carbons (Fsp3) is 0.600. The van der Waals surface area contributed by atoms with Crippen molar-refractivity contribution in [2.45, 2.75) is 39.2 Å². The summed E-state index contributed by atoms with van der Waals surface area (Å²) in [5, 5.41) is 0. The number of benzene rings is 1. The maximum Gasteiger partial charge on any atom is 0.146 e. The lowest BCUT2D eigenvalue weighted by Gasteiger charge is -2.33. The molecule has 0 aromatic heterocycles. The largest absolute Gasteiger partial charge is 0.378 e. The molecule has 0 saturated carbocycles. The summed E-state index contributed by atoms with van der Waals surface area (Å²) in [5.74, 6) is -0.108. The standard InChI is InChI=1S/C15H22FNO/c1-3-10-18-13-6-8-17(9-7-13)15-5-4-12(2)11-14(15)16/h4-5,11,13H,3,6-10H2,1-2H3. The number of nitrogens with zero attached hydrogens (tertiary/aromatic N) is 1. The number of anilines is 1. The average Bonchev–Trinajstić information content (AvgIpc) is 2.37. The first-order valence-electron chi connectivity index (χ1n) is 6.83. The van der Waals surface area contributed by atoms with E-state index in [1.165, 1.54) is 0 Å². The lowest BCUT2D eigenvalue weighted by Crippen LogP contribution is -2.37. The van der Waals surface area contributed by atoms with Crippen LogP contribution in [0.2, 0.25) is 0 Å². The minimum absolute atomic E-state index is 0.108. The molecule has 1 aromatic rings. The molecular weight excluding hydrogens is 229 g/mol. The van der Waals surface area contributed by atoms with Gasteiger partial charge >= 0.3 is 0 Å². The second-order valence-corrected chi connectivity index (χ2v) is 5.01. The van der Waals surface area contributed by atoms with E-state index in [2.05, 4.69) is 11.8 Å². The van der Waals surface area contributed by atoms with E-state index in [1.54, 1.807) is 6.07 Å². The van der Waals surface area contributed by atoms with Gasteiger partial charge in [0.25, 0.3) is 0 Å². The fourth-order valence-corrected chi connectivity index (χ4v) is 2.42. The predicted octanol–water partition coefficient (Wildman–Crippen LogP) is 3.53. The smallest absolute Gasteiger partial charge is 0.146 e. The number of rotatable bonds is 4. The Morgan fingerprint density at radius 2 is 2.06 bits per heavy atom. The van der Waals surface area contributed by atoms with Gasteiger partial charge in [0, 0.05) is 19.7 Å². The Bertz CT molecular complexity index is 386. The molecule has 1 aromatic carbocycles. The van der Waals surface area contributed by atoms with Gasteiger partial charge in [0.1, 0.15) is 5.82 Å². The monoisotopic (exact) mass is 251 g/mol. The number of ether oxygens (including phenoxy) is 1. The van der Waals surface area contributed by atoms with Gasteiger partial charge in [-0.15, -0.1) is 0 Å². The SMILES string of the molecule is CCCOC1CCN(c2ccc(C)cc2F)CC1. The quantitative estimate of drug-likeness (QED) is 0.811. The molecule has 0 spiro atoms. The first kappa shape index (κ1) is 13.3. The second-order valence-electron chi connectivity index (χ2n) is 5.01. The van der Waals surface area contributed by atoms with Gasteiger partial charge in [0.05, 0.1) is 11.8 Å². The normalized spacial score (nSPS) is 17.2. The Hall–Kier alpha value is -1.09. The molecular formula is C15H22FNO. The Balaban J connectivity index is 1.93. The molecule has 18 heavy (non-hydrogen) atoms. The van der Waals surface area contributed by atoms with Crippen molar-refractivity contribution < 1.29 is 9.13 Å². The first-order chi connectivity index (χ1) is 8.70. The van der Waals surface area contributed by atoms with Crippen molar-refractivity contribution in [1.29, 1.82) is 0 Å². The summed E-state index contributed by atoms with van der Waals surface area (Å²) in [4.78, 5) is 2.13. The summed E-state index contributed by atoms with van der Waals surface area (Å²) < 4.78 is 19.6. The van der Waals surface area contributed by atoms with Gasteiger partial charge in [-0.05, 0) is 43.9 Å². The van der Waals surface area contributed by atoms with Crippen LogP contribution in [0.25, 0.3) is 0 Å². The number of hydrogen-bond acceptors (Lipinski definition) is 2. The van der Waals surface area contributed by atoms with Crippen molar-refractivity contribution in [3.63, 3.8) is 0 Å². The van der Waals surface area contributed by atoms with Gasteiger partial charge < -0.3 is 9.64 Å². The number of halogens is 1. The molecule has 0 N–H and O–H groups in total. The van der Waals surface area contributed by atoms with Crippen molar-refractivity contribution in [2.75, 3.05) is 24.6 Å². The summed E-state index contributed by atoms with van der Waals surface area (Å²) in [6.07, 6.45) is 3.41. The third kappa shape index (κ3) is 3.22. The van der Waals surface area contributed by atoms with E-state index in [9.17, 15) is 4.39 Å². The molecule has 1 saturated heterocycles. The van der Waals surface area contributed by atoms with E-state index in [0.29, 0.717) is 6.10 Å². The van der Waals surface area contributed by atoms with Crippen molar-refractivity contribution in [3.8, 4) is 0 Å². The topological polar surface area (TPSA) is 12.5 Å². The van der Waals surface area contributed by atoms with E-state index in [1.807, 2.05) is 19.1 Å². The van der Waals surface area contributed by atoms with Crippen LogP contribution in [0, 0.1) is 12.7 Å². The van der Waals surface area contributed by atoms with Crippen LogP contribution in [0.1, 0.15) is 31.7 Å².